The van der Waals surface area contributed by atoms with Gasteiger partial charge in [-0.15, -0.1) is 0 Å². The summed E-state index contributed by atoms with van der Waals surface area (Å²) >= 11 is 0. The third-order valence-electron chi connectivity index (χ3n) is 5.53. The van der Waals surface area contributed by atoms with Crippen LogP contribution in [0.15, 0.2) is 42.6 Å². The highest BCUT2D eigenvalue weighted by molar-refractivity contribution is 5.96. The summed E-state index contributed by atoms with van der Waals surface area (Å²) in [6.07, 6.45) is 2.28. The molecule has 0 aliphatic carbocycles. The molecule has 0 fully saturated rings. The molecule has 2 amide bonds. The van der Waals surface area contributed by atoms with Crippen LogP contribution in [-0.2, 0) is 4.79 Å². The lowest BCUT2D eigenvalue weighted by Gasteiger charge is -2.26. The Morgan fingerprint density at radius 2 is 1.91 bits per heavy atom. The summed E-state index contributed by atoms with van der Waals surface area (Å²) in [6.45, 7) is 5.82. The van der Waals surface area contributed by atoms with E-state index in [0.717, 1.165) is 0 Å². The van der Waals surface area contributed by atoms with E-state index in [0.29, 0.717) is 55.6 Å². The van der Waals surface area contributed by atoms with Gasteiger partial charge in [-0.1, -0.05) is 26.0 Å². The monoisotopic (exact) mass is 470 g/mol. The van der Waals surface area contributed by atoms with Crippen LogP contribution in [0.1, 0.15) is 30.6 Å². The van der Waals surface area contributed by atoms with Crippen LogP contribution < -0.4 is 14.8 Å². The van der Waals surface area contributed by atoms with Crippen LogP contribution in [0.2, 0.25) is 0 Å². The number of hydrogen-bond acceptors (Lipinski definition) is 7. The number of pyridine rings is 1. The largest absolute Gasteiger partial charge is 0.488 e. The molecule has 1 aromatic carbocycles. The Morgan fingerprint density at radius 1 is 1.15 bits per heavy atom. The fraction of sp³-hybridized carbons (Fsp3) is 0.480. The molecular formula is C25H34N4O5. The highest BCUT2D eigenvalue weighted by Gasteiger charge is 2.22. The number of aromatic nitrogens is 1. The van der Waals surface area contributed by atoms with Crippen molar-refractivity contribution in [2.75, 3.05) is 46.4 Å². The van der Waals surface area contributed by atoms with Crippen molar-refractivity contribution in [1.82, 2.24) is 20.1 Å². The van der Waals surface area contributed by atoms with Crippen molar-refractivity contribution >= 4 is 11.8 Å². The summed E-state index contributed by atoms with van der Waals surface area (Å²) in [7, 11) is 1.71. The number of benzene rings is 1. The van der Waals surface area contributed by atoms with E-state index < -0.39 is 0 Å². The van der Waals surface area contributed by atoms with E-state index in [2.05, 4.69) is 10.3 Å². The predicted molar refractivity (Wildman–Crippen MR) is 128 cm³/mol. The zero-order valence-corrected chi connectivity index (χ0v) is 20.1. The van der Waals surface area contributed by atoms with Crippen molar-refractivity contribution in [2.24, 2.45) is 5.92 Å². The summed E-state index contributed by atoms with van der Waals surface area (Å²) in [4.78, 5) is 33.6. The standard InChI is InChI=1S/C25H34N4O5/c1-18(2)15-19(17-30)27-23(31)16-29-12-11-28(3)25(32)20-7-6-10-26-24(20)34-22-9-5-4-8-21(22)33-14-13-29/h4-10,18-19,30H,11-17H2,1-3H3,(H,27,31)/t19-/m0/s1. The lowest BCUT2D eigenvalue weighted by atomic mass is 10.0. The van der Waals surface area contributed by atoms with Gasteiger partial charge in [-0.3, -0.25) is 14.5 Å². The number of likely N-dealkylation sites (N-methyl/N-ethyl adjacent to an activating group) is 1. The molecule has 1 aromatic heterocycles. The highest BCUT2D eigenvalue weighted by Crippen LogP contribution is 2.32. The van der Waals surface area contributed by atoms with E-state index in [-0.39, 0.29) is 36.9 Å². The molecule has 2 aromatic rings. The summed E-state index contributed by atoms with van der Waals surface area (Å²) in [6, 6.07) is 10.3. The van der Waals surface area contributed by atoms with Gasteiger partial charge in [0, 0.05) is 32.9 Å². The van der Waals surface area contributed by atoms with Crippen LogP contribution >= 0.6 is 0 Å². The van der Waals surface area contributed by atoms with Crippen molar-refractivity contribution in [3.8, 4) is 17.4 Å². The first-order chi connectivity index (χ1) is 16.4. The molecule has 3 rings (SSSR count). The number of nitrogens with one attached hydrogen (secondary N) is 1. The van der Waals surface area contributed by atoms with Gasteiger partial charge in [0.1, 0.15) is 12.2 Å². The van der Waals surface area contributed by atoms with Gasteiger partial charge in [0.15, 0.2) is 11.5 Å². The molecule has 0 saturated carbocycles. The van der Waals surface area contributed by atoms with Crippen LogP contribution in [0.4, 0.5) is 0 Å². The molecule has 0 unspecified atom stereocenters. The lowest BCUT2D eigenvalue weighted by molar-refractivity contribution is -0.123. The first-order valence-electron chi connectivity index (χ1n) is 11.6. The number of aliphatic hydroxyl groups excluding tert-OH is 1. The molecule has 0 spiro atoms. The Kier molecular flexibility index (Phi) is 9.24. The Hall–Kier alpha value is -3.17. The molecule has 2 heterocycles. The van der Waals surface area contributed by atoms with Crippen molar-refractivity contribution in [3.63, 3.8) is 0 Å². The second-order valence-corrected chi connectivity index (χ2v) is 8.83. The average Bonchev–Trinajstić information content (AvgIpc) is 2.82. The maximum atomic E-state index is 13.1. The number of fused-ring (bicyclic) bond motifs is 2. The first kappa shape index (κ1) is 25.5. The van der Waals surface area contributed by atoms with E-state index in [4.69, 9.17) is 9.47 Å². The minimum Gasteiger partial charge on any atom is -0.488 e. The lowest BCUT2D eigenvalue weighted by Crippen LogP contribution is -2.46. The van der Waals surface area contributed by atoms with Gasteiger partial charge in [-0.25, -0.2) is 4.98 Å². The number of para-hydroxylation sites is 2. The second-order valence-electron chi connectivity index (χ2n) is 8.83. The van der Waals surface area contributed by atoms with E-state index in [1.165, 1.54) is 0 Å². The molecule has 9 heteroatoms. The van der Waals surface area contributed by atoms with Gasteiger partial charge < -0.3 is 24.8 Å². The van der Waals surface area contributed by atoms with Crippen molar-refractivity contribution in [2.45, 2.75) is 26.3 Å². The van der Waals surface area contributed by atoms with Crippen molar-refractivity contribution in [3.05, 3.63) is 48.2 Å². The number of carbonyl (C=O) groups is 2. The number of ether oxygens (including phenoxy) is 2. The third-order valence-corrected chi connectivity index (χ3v) is 5.53. The van der Waals surface area contributed by atoms with Gasteiger partial charge >= 0.3 is 0 Å². The fourth-order valence-corrected chi connectivity index (χ4v) is 3.77. The van der Waals surface area contributed by atoms with Gasteiger partial charge in [-0.05, 0) is 36.6 Å². The first-order valence-corrected chi connectivity index (χ1v) is 11.6. The van der Waals surface area contributed by atoms with E-state index >= 15 is 0 Å². The van der Waals surface area contributed by atoms with E-state index in [1.54, 1.807) is 42.4 Å². The SMILES string of the molecule is CC(C)C[C@@H](CO)NC(=O)CN1CCOc2ccccc2Oc2ncccc2C(=O)N(C)CC1. The Labute approximate surface area is 200 Å². The number of amides is 2. The minimum atomic E-state index is -0.281. The van der Waals surface area contributed by atoms with E-state index in [9.17, 15) is 14.7 Å². The number of carbonyl (C=O) groups excluding carboxylic acids is 2. The van der Waals surface area contributed by atoms with Gasteiger partial charge in [0.05, 0.1) is 19.2 Å². The number of aliphatic hydroxyl groups is 1. The molecule has 1 atom stereocenters. The number of hydrogen-bond donors (Lipinski definition) is 2. The molecule has 9 nitrogen and oxygen atoms in total. The molecule has 0 bridgehead atoms. The summed E-state index contributed by atoms with van der Waals surface area (Å²) in [5.41, 5.74) is 0.350. The molecule has 1 aliphatic heterocycles. The van der Waals surface area contributed by atoms with Crippen molar-refractivity contribution < 1.29 is 24.2 Å². The third kappa shape index (κ3) is 7.16. The fourth-order valence-electron chi connectivity index (χ4n) is 3.77. The average molecular weight is 471 g/mol. The molecule has 2 N–H and O–H groups in total. The molecule has 0 saturated heterocycles. The quantitative estimate of drug-likeness (QED) is 0.667. The van der Waals surface area contributed by atoms with Gasteiger partial charge in [0.25, 0.3) is 5.91 Å². The zero-order valence-electron chi connectivity index (χ0n) is 20.1. The summed E-state index contributed by atoms with van der Waals surface area (Å²) in [5.74, 6) is 1.17. The normalized spacial score (nSPS) is 16.1. The van der Waals surface area contributed by atoms with Crippen molar-refractivity contribution in [1.29, 1.82) is 0 Å². The Balaban J connectivity index is 1.78. The predicted octanol–water partition coefficient (Wildman–Crippen LogP) is 2.16. The number of nitrogens with zero attached hydrogens (tertiary/aromatic N) is 3. The molecule has 1 aliphatic rings. The molecule has 184 valence electrons. The number of rotatable bonds is 6. The molecule has 34 heavy (non-hydrogen) atoms. The zero-order chi connectivity index (χ0) is 24.5. The summed E-state index contributed by atoms with van der Waals surface area (Å²) < 4.78 is 11.9. The highest BCUT2D eigenvalue weighted by atomic mass is 16.5. The smallest absolute Gasteiger partial charge is 0.259 e. The molecular weight excluding hydrogens is 436 g/mol. The van der Waals surface area contributed by atoms with Crippen LogP contribution in [-0.4, -0.2) is 84.2 Å². The maximum absolute atomic E-state index is 13.1. The van der Waals surface area contributed by atoms with Crippen LogP contribution in [0.25, 0.3) is 0 Å². The second kappa shape index (κ2) is 12.3. The van der Waals surface area contributed by atoms with Crippen LogP contribution in [0.3, 0.4) is 0 Å². The van der Waals surface area contributed by atoms with Crippen LogP contribution in [0.5, 0.6) is 17.4 Å². The Bertz CT molecular complexity index is 968. The van der Waals surface area contributed by atoms with Crippen LogP contribution in [0, 0.1) is 5.92 Å². The topological polar surface area (TPSA) is 104 Å². The summed E-state index contributed by atoms with van der Waals surface area (Å²) in [5, 5.41) is 12.5. The molecule has 0 radical (unpaired) electrons. The van der Waals surface area contributed by atoms with Gasteiger partial charge in [0.2, 0.25) is 11.8 Å². The maximum Gasteiger partial charge on any atom is 0.259 e. The van der Waals surface area contributed by atoms with Gasteiger partial charge in [-0.2, -0.15) is 0 Å². The Morgan fingerprint density at radius 3 is 2.65 bits per heavy atom. The minimum absolute atomic E-state index is 0.103. The van der Waals surface area contributed by atoms with E-state index in [1.807, 2.05) is 30.9 Å².